The summed E-state index contributed by atoms with van der Waals surface area (Å²) in [7, 11) is 0. The number of nitrogens with zero attached hydrogens (tertiary/aromatic N) is 1. The van der Waals surface area contributed by atoms with Crippen LogP contribution in [0.1, 0.15) is 17.3 Å². The number of halogens is 1. The third-order valence-electron chi connectivity index (χ3n) is 2.94. The second-order valence-corrected chi connectivity index (χ2v) is 4.74. The molecule has 1 aromatic carbocycles. The van der Waals surface area contributed by atoms with Gasteiger partial charge in [-0.1, -0.05) is 11.6 Å². The lowest BCUT2D eigenvalue weighted by molar-refractivity contribution is 0.100. The predicted molar refractivity (Wildman–Crippen MR) is 69.6 cm³/mol. The number of hydrogen-bond donors (Lipinski definition) is 2. The average Bonchev–Trinajstić information content (AvgIpc) is 2.28. The van der Waals surface area contributed by atoms with Crippen LogP contribution < -0.4 is 16.0 Å². The highest BCUT2D eigenvalue weighted by Crippen LogP contribution is 2.27. The van der Waals surface area contributed by atoms with E-state index in [0.29, 0.717) is 16.6 Å². The molecule has 0 radical (unpaired) electrons. The smallest absolute Gasteiger partial charge is 0.248 e. The van der Waals surface area contributed by atoms with Gasteiger partial charge in [0, 0.05) is 31.2 Å². The quantitative estimate of drug-likeness (QED) is 0.834. The Balaban J connectivity index is 2.23. The number of piperazine rings is 1. The van der Waals surface area contributed by atoms with Crippen LogP contribution in [0.5, 0.6) is 0 Å². The number of anilines is 1. The molecule has 0 aromatic heterocycles. The van der Waals surface area contributed by atoms with Crippen molar-refractivity contribution < 1.29 is 4.79 Å². The lowest BCUT2D eigenvalue weighted by Gasteiger charge is -2.34. The number of nitrogens with one attached hydrogen (secondary N) is 1. The minimum atomic E-state index is -0.452. The molecule has 0 bridgehead atoms. The van der Waals surface area contributed by atoms with Gasteiger partial charge in [0.15, 0.2) is 0 Å². The lowest BCUT2D eigenvalue weighted by Crippen LogP contribution is -2.49. The van der Waals surface area contributed by atoms with E-state index in [2.05, 4.69) is 17.1 Å². The largest absolute Gasteiger partial charge is 0.368 e. The molecule has 4 nitrogen and oxygen atoms in total. The van der Waals surface area contributed by atoms with Crippen LogP contribution in [0.25, 0.3) is 0 Å². The first kappa shape index (κ1) is 12.2. The number of carbonyl (C=O) groups is 1. The van der Waals surface area contributed by atoms with Crippen molar-refractivity contribution >= 4 is 23.2 Å². The molecule has 1 aromatic rings. The molecule has 1 unspecified atom stereocenters. The summed E-state index contributed by atoms with van der Waals surface area (Å²) in [6.07, 6.45) is 0. The van der Waals surface area contributed by atoms with Crippen LogP contribution in [-0.4, -0.2) is 31.6 Å². The standard InChI is InChI=1S/C12H16ClN3O/c1-8-7-16(5-4-15-8)11-3-2-9(12(14)17)6-10(11)13/h2-3,6,8,15H,4-5,7H2,1H3,(H2,14,17). The van der Waals surface area contributed by atoms with E-state index < -0.39 is 5.91 Å². The van der Waals surface area contributed by atoms with Gasteiger partial charge in [0.1, 0.15) is 0 Å². The average molecular weight is 254 g/mol. The Morgan fingerprint density at radius 2 is 2.35 bits per heavy atom. The van der Waals surface area contributed by atoms with Crippen LogP contribution >= 0.6 is 11.6 Å². The van der Waals surface area contributed by atoms with Gasteiger partial charge in [-0.3, -0.25) is 4.79 Å². The van der Waals surface area contributed by atoms with E-state index in [1.54, 1.807) is 12.1 Å². The fraction of sp³-hybridized carbons (Fsp3) is 0.417. The third kappa shape index (κ3) is 2.70. The van der Waals surface area contributed by atoms with Crippen molar-refractivity contribution in [3.05, 3.63) is 28.8 Å². The zero-order valence-electron chi connectivity index (χ0n) is 9.74. The van der Waals surface area contributed by atoms with Gasteiger partial charge in [-0.25, -0.2) is 0 Å². The van der Waals surface area contributed by atoms with Gasteiger partial charge in [-0.05, 0) is 25.1 Å². The summed E-state index contributed by atoms with van der Waals surface area (Å²) < 4.78 is 0. The number of carbonyl (C=O) groups excluding carboxylic acids is 1. The maximum absolute atomic E-state index is 11.0. The molecule has 2 rings (SSSR count). The summed E-state index contributed by atoms with van der Waals surface area (Å²) >= 11 is 6.18. The summed E-state index contributed by atoms with van der Waals surface area (Å²) in [6, 6.07) is 5.65. The Bertz CT molecular complexity index is 436. The van der Waals surface area contributed by atoms with E-state index in [9.17, 15) is 4.79 Å². The van der Waals surface area contributed by atoms with Crippen molar-refractivity contribution in [2.45, 2.75) is 13.0 Å². The van der Waals surface area contributed by atoms with Gasteiger partial charge in [0.05, 0.1) is 10.7 Å². The van der Waals surface area contributed by atoms with E-state index in [1.807, 2.05) is 6.07 Å². The second-order valence-electron chi connectivity index (χ2n) is 4.33. The molecule has 5 heteroatoms. The van der Waals surface area contributed by atoms with Crippen LogP contribution in [0, 0.1) is 0 Å². The first-order valence-corrected chi connectivity index (χ1v) is 6.03. The van der Waals surface area contributed by atoms with Crippen LogP contribution in [0.15, 0.2) is 18.2 Å². The highest BCUT2D eigenvalue weighted by molar-refractivity contribution is 6.33. The predicted octanol–water partition coefficient (Wildman–Crippen LogP) is 1.24. The Hall–Kier alpha value is -1.26. The number of rotatable bonds is 2. The highest BCUT2D eigenvalue weighted by Gasteiger charge is 2.18. The first-order chi connectivity index (χ1) is 8.08. The Morgan fingerprint density at radius 3 is 2.94 bits per heavy atom. The van der Waals surface area contributed by atoms with Crippen molar-refractivity contribution in [3.8, 4) is 0 Å². The number of nitrogens with two attached hydrogens (primary N) is 1. The SMILES string of the molecule is CC1CN(c2ccc(C(N)=O)cc2Cl)CCN1. The first-order valence-electron chi connectivity index (χ1n) is 5.65. The second kappa shape index (κ2) is 4.94. The van der Waals surface area contributed by atoms with Gasteiger partial charge in [-0.15, -0.1) is 0 Å². The van der Waals surface area contributed by atoms with Crippen LogP contribution in [0.2, 0.25) is 5.02 Å². The molecule has 3 N–H and O–H groups in total. The normalized spacial score (nSPS) is 20.4. The topological polar surface area (TPSA) is 58.4 Å². The zero-order valence-corrected chi connectivity index (χ0v) is 10.5. The molecule has 17 heavy (non-hydrogen) atoms. The molecule has 1 aliphatic heterocycles. The molecule has 0 aliphatic carbocycles. The number of benzene rings is 1. The molecule has 1 heterocycles. The molecule has 0 saturated carbocycles. The van der Waals surface area contributed by atoms with Gasteiger partial charge < -0.3 is 16.0 Å². The van der Waals surface area contributed by atoms with Crippen LogP contribution in [0.4, 0.5) is 5.69 Å². The molecular weight excluding hydrogens is 238 g/mol. The molecule has 92 valence electrons. The summed E-state index contributed by atoms with van der Waals surface area (Å²) in [5.41, 5.74) is 6.62. The minimum absolute atomic E-state index is 0.440. The third-order valence-corrected chi connectivity index (χ3v) is 3.24. The van der Waals surface area contributed by atoms with E-state index >= 15 is 0 Å². The van der Waals surface area contributed by atoms with Gasteiger partial charge in [-0.2, -0.15) is 0 Å². The highest BCUT2D eigenvalue weighted by atomic mass is 35.5. The fourth-order valence-corrected chi connectivity index (χ4v) is 2.37. The van der Waals surface area contributed by atoms with Crippen molar-refractivity contribution in [1.82, 2.24) is 5.32 Å². The summed E-state index contributed by atoms with van der Waals surface area (Å²) in [5.74, 6) is -0.452. The number of primary amides is 1. The maximum atomic E-state index is 11.0. The minimum Gasteiger partial charge on any atom is -0.368 e. The number of amides is 1. The van der Waals surface area contributed by atoms with Gasteiger partial charge in [0.25, 0.3) is 0 Å². The van der Waals surface area contributed by atoms with E-state index in [4.69, 9.17) is 17.3 Å². The van der Waals surface area contributed by atoms with Crippen molar-refractivity contribution in [1.29, 1.82) is 0 Å². The number of hydrogen-bond acceptors (Lipinski definition) is 3. The monoisotopic (exact) mass is 253 g/mol. The molecule has 1 amide bonds. The maximum Gasteiger partial charge on any atom is 0.248 e. The van der Waals surface area contributed by atoms with Crippen LogP contribution in [-0.2, 0) is 0 Å². The van der Waals surface area contributed by atoms with E-state index in [1.165, 1.54) is 0 Å². The van der Waals surface area contributed by atoms with E-state index in [0.717, 1.165) is 25.3 Å². The molecular formula is C12H16ClN3O. The van der Waals surface area contributed by atoms with Crippen LogP contribution in [0.3, 0.4) is 0 Å². The van der Waals surface area contributed by atoms with Crippen molar-refractivity contribution in [2.75, 3.05) is 24.5 Å². The molecule has 1 fully saturated rings. The fourth-order valence-electron chi connectivity index (χ4n) is 2.07. The van der Waals surface area contributed by atoms with E-state index in [-0.39, 0.29) is 0 Å². The summed E-state index contributed by atoms with van der Waals surface area (Å²) in [5, 5.41) is 3.95. The van der Waals surface area contributed by atoms with Crippen molar-refractivity contribution in [3.63, 3.8) is 0 Å². The summed E-state index contributed by atoms with van der Waals surface area (Å²) in [4.78, 5) is 13.2. The molecule has 1 aliphatic rings. The summed E-state index contributed by atoms with van der Waals surface area (Å²) in [6.45, 7) is 4.91. The molecule has 0 spiro atoms. The Morgan fingerprint density at radius 1 is 1.59 bits per heavy atom. The Kier molecular flexibility index (Phi) is 3.54. The van der Waals surface area contributed by atoms with Gasteiger partial charge in [0.2, 0.25) is 5.91 Å². The Labute approximate surface area is 106 Å². The molecule has 1 saturated heterocycles. The van der Waals surface area contributed by atoms with Gasteiger partial charge >= 0.3 is 0 Å². The zero-order chi connectivity index (χ0) is 12.4. The lowest BCUT2D eigenvalue weighted by atomic mass is 10.1. The van der Waals surface area contributed by atoms with Crippen molar-refractivity contribution in [2.24, 2.45) is 5.73 Å². The molecule has 1 atom stereocenters.